The average Bonchev–Trinajstić information content (AvgIpc) is 2.34. The molecule has 0 fully saturated rings. The van der Waals surface area contributed by atoms with Gasteiger partial charge in [0.05, 0.1) is 17.0 Å². The maximum atomic E-state index is 11.8. The van der Waals surface area contributed by atoms with Crippen molar-refractivity contribution in [2.24, 2.45) is 0 Å². The number of hydrogen-bond acceptors (Lipinski definition) is 4. The second-order valence-corrected chi connectivity index (χ2v) is 4.24. The highest BCUT2D eigenvalue weighted by atomic mass is 35.5. The van der Waals surface area contributed by atoms with Crippen molar-refractivity contribution in [3.05, 3.63) is 45.2 Å². The summed E-state index contributed by atoms with van der Waals surface area (Å²) >= 11 is 5.99. The van der Waals surface area contributed by atoms with E-state index >= 15 is 0 Å². The van der Waals surface area contributed by atoms with Crippen molar-refractivity contribution >= 4 is 23.4 Å². The first-order valence-electron chi connectivity index (χ1n) is 5.34. The predicted octanol–water partition coefficient (Wildman–Crippen LogP) is 1.30. The summed E-state index contributed by atoms with van der Waals surface area (Å²) < 4.78 is 0. The molecule has 0 aliphatic carbocycles. The van der Waals surface area contributed by atoms with Crippen LogP contribution < -0.4 is 11.3 Å². The van der Waals surface area contributed by atoms with Gasteiger partial charge in [-0.3, -0.25) is 9.59 Å². The van der Waals surface area contributed by atoms with E-state index in [4.69, 9.17) is 22.4 Å². The summed E-state index contributed by atoms with van der Waals surface area (Å²) in [7, 11) is 0. The summed E-state index contributed by atoms with van der Waals surface area (Å²) in [6, 6.07) is 6.81. The molecule has 0 aliphatic rings. The molecule has 2 rings (SSSR count). The number of carbonyl (C=O) groups is 1. The minimum Gasteiger partial charge on any atom is -0.481 e. The molecule has 4 N–H and O–H groups in total. The summed E-state index contributed by atoms with van der Waals surface area (Å²) in [5.41, 5.74) is 5.50. The Balaban J connectivity index is 2.55. The zero-order chi connectivity index (χ0) is 14.0. The SMILES string of the molecule is Nc1nc(-c2ccccc2Cl)[nH]c(=O)c1CC(=O)O. The van der Waals surface area contributed by atoms with E-state index in [0.717, 1.165) is 0 Å². The van der Waals surface area contributed by atoms with Crippen LogP contribution in [0.2, 0.25) is 5.02 Å². The number of aromatic nitrogens is 2. The van der Waals surface area contributed by atoms with Crippen molar-refractivity contribution in [3.63, 3.8) is 0 Å². The molecule has 0 spiro atoms. The van der Waals surface area contributed by atoms with Crippen LogP contribution in [0, 0.1) is 0 Å². The smallest absolute Gasteiger partial charge is 0.308 e. The molecule has 0 aliphatic heterocycles. The second kappa shape index (κ2) is 5.11. The zero-order valence-corrected chi connectivity index (χ0v) is 10.4. The van der Waals surface area contributed by atoms with Crippen LogP contribution >= 0.6 is 11.6 Å². The molecule has 2 aromatic rings. The van der Waals surface area contributed by atoms with Gasteiger partial charge in [0, 0.05) is 5.56 Å². The minimum atomic E-state index is -1.15. The lowest BCUT2D eigenvalue weighted by Gasteiger charge is -2.06. The number of nitrogens with two attached hydrogens (primary N) is 1. The number of nitrogens with zero attached hydrogens (tertiary/aromatic N) is 1. The lowest BCUT2D eigenvalue weighted by molar-refractivity contribution is -0.136. The Kier molecular flexibility index (Phi) is 3.52. The lowest BCUT2D eigenvalue weighted by Crippen LogP contribution is -2.21. The number of anilines is 1. The highest BCUT2D eigenvalue weighted by Crippen LogP contribution is 2.24. The molecule has 0 saturated heterocycles. The van der Waals surface area contributed by atoms with Crippen molar-refractivity contribution < 1.29 is 9.90 Å². The first-order valence-corrected chi connectivity index (χ1v) is 5.72. The number of halogens is 1. The molecule has 0 amide bonds. The number of carboxylic acids is 1. The Morgan fingerprint density at radius 1 is 1.42 bits per heavy atom. The van der Waals surface area contributed by atoms with Crippen molar-refractivity contribution in [1.29, 1.82) is 0 Å². The molecular weight excluding hydrogens is 270 g/mol. The van der Waals surface area contributed by atoms with E-state index in [-0.39, 0.29) is 17.2 Å². The number of nitrogens with one attached hydrogen (secondary N) is 1. The van der Waals surface area contributed by atoms with Crippen molar-refractivity contribution in [1.82, 2.24) is 9.97 Å². The maximum absolute atomic E-state index is 11.8. The van der Waals surface area contributed by atoms with Crippen LogP contribution in [0.25, 0.3) is 11.4 Å². The Hall–Kier alpha value is -2.34. The molecule has 0 radical (unpaired) electrons. The van der Waals surface area contributed by atoms with Gasteiger partial charge in [0.1, 0.15) is 11.6 Å². The van der Waals surface area contributed by atoms with Crippen LogP contribution in [0.3, 0.4) is 0 Å². The van der Waals surface area contributed by atoms with Gasteiger partial charge in [-0.1, -0.05) is 23.7 Å². The topological polar surface area (TPSA) is 109 Å². The predicted molar refractivity (Wildman–Crippen MR) is 71.1 cm³/mol. The summed E-state index contributed by atoms with van der Waals surface area (Å²) in [6.07, 6.45) is -0.475. The highest BCUT2D eigenvalue weighted by molar-refractivity contribution is 6.33. The number of hydrogen-bond donors (Lipinski definition) is 3. The molecule has 1 aromatic carbocycles. The van der Waals surface area contributed by atoms with E-state index in [0.29, 0.717) is 10.6 Å². The Morgan fingerprint density at radius 2 is 2.11 bits per heavy atom. The van der Waals surface area contributed by atoms with Gasteiger partial charge >= 0.3 is 5.97 Å². The maximum Gasteiger partial charge on any atom is 0.308 e. The van der Waals surface area contributed by atoms with Gasteiger partial charge in [-0.25, -0.2) is 4.98 Å². The summed E-state index contributed by atoms with van der Waals surface area (Å²) in [5, 5.41) is 9.10. The molecule has 19 heavy (non-hydrogen) atoms. The number of aromatic amines is 1. The second-order valence-electron chi connectivity index (χ2n) is 3.83. The van der Waals surface area contributed by atoms with Crippen LogP contribution in [0.15, 0.2) is 29.1 Å². The summed E-state index contributed by atoms with van der Waals surface area (Å²) in [4.78, 5) is 28.9. The van der Waals surface area contributed by atoms with E-state index in [2.05, 4.69) is 9.97 Å². The van der Waals surface area contributed by atoms with Crippen LogP contribution in [-0.2, 0) is 11.2 Å². The highest BCUT2D eigenvalue weighted by Gasteiger charge is 2.14. The zero-order valence-electron chi connectivity index (χ0n) is 9.68. The third-order valence-corrected chi connectivity index (χ3v) is 2.83. The fourth-order valence-corrected chi connectivity index (χ4v) is 1.84. The van der Waals surface area contributed by atoms with E-state index in [9.17, 15) is 9.59 Å². The third kappa shape index (κ3) is 2.74. The van der Waals surface area contributed by atoms with E-state index in [1.807, 2.05) is 0 Å². The molecular formula is C12H10ClN3O3. The fourth-order valence-electron chi connectivity index (χ4n) is 1.62. The number of H-pyrrole nitrogens is 1. The molecule has 1 aromatic heterocycles. The molecule has 98 valence electrons. The van der Waals surface area contributed by atoms with Crippen molar-refractivity contribution in [2.45, 2.75) is 6.42 Å². The standard InChI is InChI=1S/C12H10ClN3O3/c13-8-4-2-1-3-6(8)11-15-10(14)7(5-9(17)18)12(19)16-11/h1-4H,5H2,(H,17,18)(H3,14,15,16,19). The van der Waals surface area contributed by atoms with Gasteiger partial charge in [-0.05, 0) is 12.1 Å². The third-order valence-electron chi connectivity index (χ3n) is 2.50. The van der Waals surface area contributed by atoms with Crippen LogP contribution in [0.5, 0.6) is 0 Å². The number of benzene rings is 1. The van der Waals surface area contributed by atoms with Gasteiger partial charge in [-0.15, -0.1) is 0 Å². The van der Waals surface area contributed by atoms with Gasteiger partial charge in [0.2, 0.25) is 0 Å². The van der Waals surface area contributed by atoms with Crippen molar-refractivity contribution in [2.75, 3.05) is 5.73 Å². The summed E-state index contributed by atoms with van der Waals surface area (Å²) in [6.45, 7) is 0. The first kappa shape index (κ1) is 13.1. The number of rotatable bonds is 3. The summed E-state index contributed by atoms with van der Waals surface area (Å²) in [5.74, 6) is -1.05. The number of carboxylic acid groups (broad SMARTS) is 1. The lowest BCUT2D eigenvalue weighted by atomic mass is 10.2. The molecule has 7 heteroatoms. The molecule has 0 saturated carbocycles. The minimum absolute atomic E-state index is 0.0664. The van der Waals surface area contributed by atoms with Gasteiger partial charge in [0.25, 0.3) is 5.56 Å². The largest absolute Gasteiger partial charge is 0.481 e. The Bertz CT molecular complexity index is 697. The molecule has 1 heterocycles. The van der Waals surface area contributed by atoms with Crippen LogP contribution in [0.1, 0.15) is 5.56 Å². The van der Waals surface area contributed by atoms with Crippen LogP contribution in [0.4, 0.5) is 5.82 Å². The number of nitrogen functional groups attached to an aromatic ring is 1. The fraction of sp³-hybridized carbons (Fsp3) is 0.0833. The Morgan fingerprint density at radius 3 is 2.68 bits per heavy atom. The average molecular weight is 280 g/mol. The van der Waals surface area contributed by atoms with Gasteiger partial charge in [-0.2, -0.15) is 0 Å². The van der Waals surface area contributed by atoms with Gasteiger partial charge in [0.15, 0.2) is 0 Å². The normalized spacial score (nSPS) is 10.4. The van der Waals surface area contributed by atoms with E-state index in [1.165, 1.54) is 0 Å². The van der Waals surface area contributed by atoms with E-state index < -0.39 is 17.9 Å². The first-order chi connectivity index (χ1) is 8.99. The monoisotopic (exact) mass is 279 g/mol. The van der Waals surface area contributed by atoms with Crippen LogP contribution in [-0.4, -0.2) is 21.0 Å². The quantitative estimate of drug-likeness (QED) is 0.784. The number of aliphatic carboxylic acids is 1. The molecule has 0 bridgehead atoms. The molecule has 0 atom stereocenters. The van der Waals surface area contributed by atoms with Gasteiger partial charge < -0.3 is 15.8 Å². The molecule has 0 unspecified atom stereocenters. The molecule has 6 nitrogen and oxygen atoms in total. The van der Waals surface area contributed by atoms with E-state index in [1.54, 1.807) is 24.3 Å². The Labute approximate surface area is 112 Å². The van der Waals surface area contributed by atoms with Crippen molar-refractivity contribution in [3.8, 4) is 11.4 Å².